The minimum Gasteiger partial charge on any atom is -0.415 e. The van der Waals surface area contributed by atoms with Crippen LogP contribution in [-0.4, -0.2) is 14.7 Å². The van der Waals surface area contributed by atoms with Crippen LogP contribution in [0.1, 0.15) is 40.2 Å². The van der Waals surface area contributed by atoms with Crippen molar-refractivity contribution in [3.05, 3.63) is 30.1 Å². The fourth-order valence-corrected chi connectivity index (χ4v) is 2.19. The van der Waals surface area contributed by atoms with Crippen LogP contribution in [0.3, 0.4) is 0 Å². The van der Waals surface area contributed by atoms with Gasteiger partial charge in [-0.15, -0.1) is 0 Å². The first-order chi connectivity index (χ1) is 6.81. The first kappa shape index (κ1) is 12.4. The molecule has 1 rings (SSSR count). The van der Waals surface area contributed by atoms with Crippen molar-refractivity contribution in [1.29, 1.82) is 0 Å². The average Bonchev–Trinajstić information content (AvgIpc) is 2.16. The highest BCUT2D eigenvalue weighted by atomic mass is 28.2. The van der Waals surface area contributed by atoms with Crippen LogP contribution in [0, 0.1) is 0 Å². The molecular weight excluding hydrogens is 202 g/mol. The molecule has 0 spiro atoms. The van der Waals surface area contributed by atoms with Crippen molar-refractivity contribution < 1.29 is 4.43 Å². The van der Waals surface area contributed by atoms with Crippen LogP contribution < -0.4 is 0 Å². The fraction of sp³-hybridized carbons (Fsp3) is 0.583. The lowest BCUT2D eigenvalue weighted by Gasteiger charge is -2.30. The molecule has 0 saturated heterocycles. The lowest BCUT2D eigenvalue weighted by molar-refractivity contribution is 0.109. The predicted molar refractivity (Wildman–Crippen MR) is 66.6 cm³/mol. The number of aromatic nitrogens is 1. The minimum absolute atomic E-state index is 0.178. The van der Waals surface area contributed by atoms with Crippen molar-refractivity contribution in [3.63, 3.8) is 0 Å². The van der Waals surface area contributed by atoms with E-state index in [-0.39, 0.29) is 5.60 Å². The van der Waals surface area contributed by atoms with Crippen LogP contribution in [0.4, 0.5) is 0 Å². The topological polar surface area (TPSA) is 22.1 Å². The number of rotatable bonds is 3. The molecule has 0 bridgehead atoms. The van der Waals surface area contributed by atoms with Crippen LogP contribution in [0.25, 0.3) is 0 Å². The molecule has 1 heterocycles. The molecule has 0 radical (unpaired) electrons. The molecule has 1 aromatic rings. The molecule has 3 heteroatoms. The van der Waals surface area contributed by atoms with Crippen LogP contribution in [0.2, 0.25) is 5.04 Å². The second kappa shape index (κ2) is 4.45. The van der Waals surface area contributed by atoms with Gasteiger partial charge in [-0.05, 0) is 36.6 Å². The second-order valence-electron chi connectivity index (χ2n) is 5.60. The summed E-state index contributed by atoms with van der Waals surface area (Å²) in [5.41, 5.74) is 1.02. The smallest absolute Gasteiger partial charge is 0.168 e. The van der Waals surface area contributed by atoms with Gasteiger partial charge in [0.05, 0.1) is 5.60 Å². The van der Waals surface area contributed by atoms with E-state index in [2.05, 4.69) is 39.6 Å². The van der Waals surface area contributed by atoms with E-state index in [0.717, 1.165) is 0 Å². The number of hydrogen-bond donors (Lipinski definition) is 0. The first-order valence-electron chi connectivity index (χ1n) is 5.36. The van der Waals surface area contributed by atoms with Crippen LogP contribution in [-0.2, 0) is 10.0 Å². The maximum atomic E-state index is 6.09. The summed E-state index contributed by atoms with van der Waals surface area (Å²) in [6.45, 7) is 11.0. The maximum absolute atomic E-state index is 6.09. The second-order valence-corrected chi connectivity index (χ2v) is 8.29. The number of nitrogens with zero attached hydrogens (tertiary/aromatic N) is 1. The Balaban J connectivity index is 2.68. The van der Waals surface area contributed by atoms with Crippen molar-refractivity contribution in [1.82, 2.24) is 4.98 Å². The van der Waals surface area contributed by atoms with Gasteiger partial charge in [-0.1, -0.05) is 20.8 Å². The third-order valence-corrected chi connectivity index (χ3v) is 3.97. The first-order valence-corrected chi connectivity index (χ1v) is 6.64. The Morgan fingerprint density at radius 3 is 2.07 bits per heavy atom. The van der Waals surface area contributed by atoms with Crippen LogP contribution >= 0.6 is 0 Å². The third kappa shape index (κ3) is 4.14. The maximum Gasteiger partial charge on any atom is 0.168 e. The SMILES string of the molecule is CC(C)(C)[SiH2]OC(C)(C)c1ccncc1. The Labute approximate surface area is 95.0 Å². The zero-order valence-corrected chi connectivity index (χ0v) is 11.8. The summed E-state index contributed by atoms with van der Waals surface area (Å²) in [4.78, 5) is 4.02. The van der Waals surface area contributed by atoms with Crippen LogP contribution in [0.15, 0.2) is 24.5 Å². The Kier molecular flexibility index (Phi) is 3.68. The standard InChI is InChI=1S/C12H21NOSi/c1-11(2,3)15-14-12(4,5)10-6-8-13-9-7-10/h6-9H,15H2,1-5H3. The molecular formula is C12H21NOSi. The summed E-state index contributed by atoms with van der Waals surface area (Å²) >= 11 is 0. The molecule has 0 atom stereocenters. The molecule has 1 aromatic heterocycles. The van der Waals surface area contributed by atoms with Gasteiger partial charge in [0.1, 0.15) is 0 Å². The average molecular weight is 223 g/mol. The predicted octanol–water partition coefficient (Wildman–Crippen LogP) is 2.64. The number of pyridine rings is 1. The van der Waals surface area contributed by atoms with Gasteiger partial charge < -0.3 is 4.43 Å². The third-order valence-electron chi connectivity index (χ3n) is 2.24. The van der Waals surface area contributed by atoms with Crippen molar-refractivity contribution in [2.24, 2.45) is 0 Å². The largest absolute Gasteiger partial charge is 0.415 e. The van der Waals surface area contributed by atoms with E-state index in [9.17, 15) is 0 Å². The van der Waals surface area contributed by atoms with E-state index >= 15 is 0 Å². The molecule has 0 saturated carbocycles. The quantitative estimate of drug-likeness (QED) is 0.735. The molecule has 2 nitrogen and oxygen atoms in total. The lowest BCUT2D eigenvalue weighted by Crippen LogP contribution is -2.27. The molecule has 84 valence electrons. The van der Waals surface area contributed by atoms with E-state index in [1.807, 2.05) is 24.5 Å². The van der Waals surface area contributed by atoms with Crippen molar-refractivity contribution in [2.75, 3.05) is 0 Å². The van der Waals surface area contributed by atoms with Gasteiger partial charge in [0.15, 0.2) is 9.76 Å². The van der Waals surface area contributed by atoms with Crippen molar-refractivity contribution >= 4 is 9.76 Å². The van der Waals surface area contributed by atoms with E-state index in [4.69, 9.17) is 4.43 Å². The van der Waals surface area contributed by atoms with Gasteiger partial charge in [0, 0.05) is 12.4 Å². The molecule has 0 aromatic carbocycles. The van der Waals surface area contributed by atoms with E-state index < -0.39 is 9.76 Å². The van der Waals surface area contributed by atoms with Crippen LogP contribution in [0.5, 0.6) is 0 Å². The summed E-state index contributed by atoms with van der Waals surface area (Å²) in [6, 6.07) is 4.05. The summed E-state index contributed by atoms with van der Waals surface area (Å²) < 4.78 is 6.09. The van der Waals surface area contributed by atoms with Gasteiger partial charge in [-0.25, -0.2) is 0 Å². The minimum atomic E-state index is -0.519. The Morgan fingerprint density at radius 2 is 1.60 bits per heavy atom. The van der Waals surface area contributed by atoms with Gasteiger partial charge in [-0.3, -0.25) is 4.98 Å². The zero-order chi connectivity index (χ0) is 11.5. The zero-order valence-electron chi connectivity index (χ0n) is 10.4. The molecule has 0 aliphatic heterocycles. The molecule has 15 heavy (non-hydrogen) atoms. The molecule has 0 amide bonds. The molecule has 0 aliphatic rings. The highest BCUT2D eigenvalue weighted by molar-refractivity contribution is 6.31. The highest BCUT2D eigenvalue weighted by Gasteiger charge is 2.23. The summed E-state index contributed by atoms with van der Waals surface area (Å²) in [7, 11) is -0.519. The Bertz CT molecular complexity index is 303. The van der Waals surface area contributed by atoms with Gasteiger partial charge in [-0.2, -0.15) is 0 Å². The van der Waals surface area contributed by atoms with Crippen molar-refractivity contribution in [2.45, 2.75) is 45.3 Å². The highest BCUT2D eigenvalue weighted by Crippen LogP contribution is 2.28. The molecule has 0 aliphatic carbocycles. The van der Waals surface area contributed by atoms with E-state index in [1.54, 1.807) is 0 Å². The summed E-state index contributed by atoms with van der Waals surface area (Å²) in [5, 5.41) is 0.338. The van der Waals surface area contributed by atoms with E-state index in [1.165, 1.54) is 5.56 Å². The summed E-state index contributed by atoms with van der Waals surface area (Å²) in [5.74, 6) is 0. The molecule has 0 unspecified atom stereocenters. The molecule has 0 N–H and O–H groups in total. The van der Waals surface area contributed by atoms with Gasteiger partial charge in [0.2, 0.25) is 0 Å². The Morgan fingerprint density at radius 1 is 1.07 bits per heavy atom. The molecule has 0 fully saturated rings. The summed E-state index contributed by atoms with van der Waals surface area (Å²) in [6.07, 6.45) is 3.64. The van der Waals surface area contributed by atoms with E-state index in [0.29, 0.717) is 5.04 Å². The number of hydrogen-bond acceptors (Lipinski definition) is 2. The monoisotopic (exact) mass is 223 g/mol. The van der Waals surface area contributed by atoms with Gasteiger partial charge in [0.25, 0.3) is 0 Å². The normalized spacial score (nSPS) is 13.7. The van der Waals surface area contributed by atoms with Crippen molar-refractivity contribution in [3.8, 4) is 0 Å². The lowest BCUT2D eigenvalue weighted by atomic mass is 10.0. The fourth-order valence-electron chi connectivity index (χ4n) is 1.23. The van der Waals surface area contributed by atoms with Gasteiger partial charge >= 0.3 is 0 Å². The Hall–Kier alpha value is -0.673.